The van der Waals surface area contributed by atoms with E-state index in [2.05, 4.69) is 20.6 Å². The van der Waals surface area contributed by atoms with E-state index < -0.39 is 30.2 Å². The molecule has 2 rings (SSSR count). The molecule has 25 heavy (non-hydrogen) atoms. The highest BCUT2D eigenvalue weighted by molar-refractivity contribution is 6.11. The average Bonchev–Trinajstić information content (AvgIpc) is 2.96. The van der Waals surface area contributed by atoms with Gasteiger partial charge in [0.15, 0.2) is 0 Å². The lowest BCUT2D eigenvalue weighted by atomic mass is 10.2. The van der Waals surface area contributed by atoms with E-state index in [4.69, 9.17) is 0 Å². The fourth-order valence-electron chi connectivity index (χ4n) is 1.95. The molecule has 0 bridgehead atoms. The molecule has 0 unspecified atom stereocenters. The number of nitrogens with zero attached hydrogens (tertiary/aromatic N) is 5. The van der Waals surface area contributed by atoms with Gasteiger partial charge in [0.05, 0.1) is 29.8 Å². The molecular weight excluding hydrogens is 341 g/mol. The van der Waals surface area contributed by atoms with E-state index in [9.17, 15) is 22.8 Å². The molecule has 0 aliphatic carbocycles. The zero-order valence-corrected chi connectivity index (χ0v) is 13.4. The largest absolute Gasteiger partial charge is 0.408 e. The van der Waals surface area contributed by atoms with Crippen molar-refractivity contribution in [3.05, 3.63) is 35.9 Å². The molecule has 8 nitrogen and oxygen atoms in total. The van der Waals surface area contributed by atoms with E-state index in [1.165, 1.54) is 30.4 Å². The first-order valence-electron chi connectivity index (χ1n) is 7.19. The molecule has 134 valence electrons. The summed E-state index contributed by atoms with van der Waals surface area (Å²) < 4.78 is 38.7. The molecule has 0 aromatic carbocycles. The first kappa shape index (κ1) is 18.4. The molecule has 0 aliphatic heterocycles. The Morgan fingerprint density at radius 1 is 1.28 bits per heavy atom. The summed E-state index contributed by atoms with van der Waals surface area (Å²) in [6.07, 6.45) is -1.06. The van der Waals surface area contributed by atoms with Gasteiger partial charge in [0.1, 0.15) is 12.2 Å². The summed E-state index contributed by atoms with van der Waals surface area (Å²) in [5.41, 5.74) is -0.404. The Labute approximate surface area is 140 Å². The summed E-state index contributed by atoms with van der Waals surface area (Å²) >= 11 is 0. The maximum atomic E-state index is 12.7. The fourth-order valence-corrected chi connectivity index (χ4v) is 1.95. The average molecular weight is 356 g/mol. The van der Waals surface area contributed by atoms with Gasteiger partial charge in [0.25, 0.3) is 11.8 Å². The summed E-state index contributed by atoms with van der Waals surface area (Å²) in [6.45, 7) is 0.436. The number of hydrogen-bond donors (Lipinski definition) is 1. The number of aromatic nitrogens is 4. The van der Waals surface area contributed by atoms with Crippen molar-refractivity contribution in [1.29, 1.82) is 0 Å². The van der Waals surface area contributed by atoms with Gasteiger partial charge in [-0.3, -0.25) is 9.59 Å². The predicted octanol–water partition coefficient (Wildman–Crippen LogP) is 1.58. The summed E-state index contributed by atoms with van der Waals surface area (Å²) in [5, 5.41) is 13.1. The SMILES string of the molecule is CCN(C)C(=O)c1c(C(=O)Nc2ccnnc2)cnn1CC(F)(F)F. The van der Waals surface area contributed by atoms with Gasteiger partial charge in [-0.15, -0.1) is 0 Å². The van der Waals surface area contributed by atoms with Crippen LogP contribution in [0.25, 0.3) is 0 Å². The number of hydrogen-bond acceptors (Lipinski definition) is 5. The third kappa shape index (κ3) is 4.52. The van der Waals surface area contributed by atoms with E-state index in [0.29, 0.717) is 4.68 Å². The quantitative estimate of drug-likeness (QED) is 0.878. The van der Waals surface area contributed by atoms with Crippen molar-refractivity contribution in [2.24, 2.45) is 0 Å². The Morgan fingerprint density at radius 2 is 2.00 bits per heavy atom. The number of halogens is 3. The van der Waals surface area contributed by atoms with Crippen LogP contribution in [-0.4, -0.2) is 56.5 Å². The van der Waals surface area contributed by atoms with E-state index in [0.717, 1.165) is 6.20 Å². The first-order chi connectivity index (χ1) is 11.7. The van der Waals surface area contributed by atoms with E-state index in [1.807, 2.05) is 0 Å². The van der Waals surface area contributed by atoms with Gasteiger partial charge in [-0.1, -0.05) is 0 Å². The van der Waals surface area contributed by atoms with Crippen molar-refractivity contribution in [1.82, 2.24) is 24.9 Å². The molecule has 0 aliphatic rings. The van der Waals surface area contributed by atoms with Gasteiger partial charge in [-0.05, 0) is 13.0 Å². The van der Waals surface area contributed by atoms with Gasteiger partial charge < -0.3 is 10.2 Å². The van der Waals surface area contributed by atoms with Gasteiger partial charge in [0.2, 0.25) is 0 Å². The summed E-state index contributed by atoms with van der Waals surface area (Å²) in [6, 6.07) is 1.45. The fraction of sp³-hybridized carbons (Fsp3) is 0.357. The molecule has 2 amide bonds. The summed E-state index contributed by atoms with van der Waals surface area (Å²) in [7, 11) is 1.42. The Hall–Kier alpha value is -2.98. The maximum absolute atomic E-state index is 12.7. The van der Waals surface area contributed by atoms with Crippen molar-refractivity contribution in [2.45, 2.75) is 19.6 Å². The second kappa shape index (κ2) is 7.28. The number of amides is 2. The molecular formula is C14H15F3N6O2. The second-order valence-electron chi connectivity index (χ2n) is 5.08. The third-order valence-electron chi connectivity index (χ3n) is 3.28. The number of carbonyl (C=O) groups excluding carboxylic acids is 2. The van der Waals surface area contributed by atoms with Gasteiger partial charge >= 0.3 is 6.18 Å². The van der Waals surface area contributed by atoms with E-state index in [1.54, 1.807) is 6.92 Å². The number of alkyl halides is 3. The van der Waals surface area contributed by atoms with Crippen LogP contribution in [0.2, 0.25) is 0 Å². The molecule has 2 aromatic heterocycles. The lowest BCUT2D eigenvalue weighted by Crippen LogP contribution is -2.32. The van der Waals surface area contributed by atoms with Crippen LogP contribution in [0.4, 0.5) is 18.9 Å². The molecule has 11 heteroatoms. The zero-order valence-electron chi connectivity index (χ0n) is 13.4. The number of nitrogens with one attached hydrogen (secondary N) is 1. The number of rotatable bonds is 5. The highest BCUT2D eigenvalue weighted by atomic mass is 19.4. The molecule has 0 fully saturated rings. The minimum absolute atomic E-state index is 0.255. The van der Waals surface area contributed by atoms with Gasteiger partial charge in [-0.2, -0.15) is 28.5 Å². The minimum Gasteiger partial charge on any atom is -0.341 e. The zero-order chi connectivity index (χ0) is 18.6. The van der Waals surface area contributed by atoms with Crippen LogP contribution in [0.5, 0.6) is 0 Å². The normalized spacial score (nSPS) is 11.2. The molecule has 2 heterocycles. The van der Waals surface area contributed by atoms with Crippen molar-refractivity contribution in [2.75, 3.05) is 18.9 Å². The molecule has 0 spiro atoms. The van der Waals surface area contributed by atoms with Crippen LogP contribution in [0.3, 0.4) is 0 Å². The number of carbonyl (C=O) groups is 2. The van der Waals surface area contributed by atoms with Crippen molar-refractivity contribution < 1.29 is 22.8 Å². The van der Waals surface area contributed by atoms with Crippen molar-refractivity contribution >= 4 is 17.5 Å². The molecule has 1 N–H and O–H groups in total. The summed E-state index contributed by atoms with van der Waals surface area (Å²) in [5.74, 6) is -1.50. The Balaban J connectivity index is 2.39. The van der Waals surface area contributed by atoms with Crippen LogP contribution in [0, 0.1) is 0 Å². The van der Waals surface area contributed by atoms with Gasteiger partial charge in [-0.25, -0.2) is 4.68 Å². The summed E-state index contributed by atoms with van der Waals surface area (Å²) in [4.78, 5) is 26.0. The monoisotopic (exact) mass is 356 g/mol. The predicted molar refractivity (Wildman–Crippen MR) is 80.9 cm³/mol. The van der Waals surface area contributed by atoms with Crippen LogP contribution in [-0.2, 0) is 6.54 Å². The van der Waals surface area contributed by atoms with Crippen LogP contribution < -0.4 is 5.32 Å². The smallest absolute Gasteiger partial charge is 0.341 e. The van der Waals surface area contributed by atoms with Crippen LogP contribution >= 0.6 is 0 Å². The van der Waals surface area contributed by atoms with E-state index >= 15 is 0 Å². The highest BCUT2D eigenvalue weighted by Crippen LogP contribution is 2.21. The molecule has 0 radical (unpaired) electrons. The van der Waals surface area contributed by atoms with Crippen LogP contribution in [0.15, 0.2) is 24.7 Å². The minimum atomic E-state index is -4.59. The highest BCUT2D eigenvalue weighted by Gasteiger charge is 2.33. The van der Waals surface area contributed by atoms with Crippen molar-refractivity contribution in [3.63, 3.8) is 0 Å². The van der Waals surface area contributed by atoms with E-state index in [-0.39, 0.29) is 17.8 Å². The third-order valence-corrected chi connectivity index (χ3v) is 3.28. The molecule has 2 aromatic rings. The topological polar surface area (TPSA) is 93.0 Å². The second-order valence-corrected chi connectivity index (χ2v) is 5.08. The Morgan fingerprint density at radius 3 is 2.56 bits per heavy atom. The van der Waals surface area contributed by atoms with Crippen molar-refractivity contribution in [3.8, 4) is 0 Å². The standard InChI is InChI=1S/C14H15F3N6O2/c1-3-22(2)13(25)11-10(7-20-23(11)8-14(15,16)17)12(24)21-9-4-5-18-19-6-9/h4-7H,3,8H2,1-2H3,(H,18,21,24). The lowest BCUT2D eigenvalue weighted by molar-refractivity contribution is -0.142. The number of anilines is 1. The first-order valence-corrected chi connectivity index (χ1v) is 7.19. The molecule has 0 saturated heterocycles. The van der Waals surface area contributed by atoms with Gasteiger partial charge in [0, 0.05) is 13.6 Å². The molecule has 0 saturated carbocycles. The van der Waals surface area contributed by atoms with Crippen LogP contribution in [0.1, 0.15) is 27.8 Å². The molecule has 0 atom stereocenters. The lowest BCUT2D eigenvalue weighted by Gasteiger charge is -2.17. The Kier molecular flexibility index (Phi) is 5.35. The Bertz CT molecular complexity index is 760. The maximum Gasteiger partial charge on any atom is 0.408 e.